The fourth-order valence-electron chi connectivity index (χ4n) is 2.45. The van der Waals surface area contributed by atoms with Crippen molar-refractivity contribution in [3.63, 3.8) is 0 Å². The molecule has 5 nitrogen and oxygen atoms in total. The molecule has 1 N–H and O–H groups in total. The van der Waals surface area contributed by atoms with E-state index in [9.17, 15) is 17.6 Å². The molecule has 0 fully saturated rings. The average molecular weight is 308 g/mol. The molecule has 0 aliphatic heterocycles. The summed E-state index contributed by atoms with van der Waals surface area (Å²) in [7, 11) is -3.92. The zero-order valence-corrected chi connectivity index (χ0v) is 12.0. The van der Waals surface area contributed by atoms with Gasteiger partial charge in [0.05, 0.1) is 5.39 Å². The van der Waals surface area contributed by atoms with Crippen molar-refractivity contribution in [1.82, 2.24) is 8.96 Å². The highest BCUT2D eigenvalue weighted by Gasteiger charge is 2.40. The van der Waals surface area contributed by atoms with Gasteiger partial charge in [0.1, 0.15) is 16.2 Å². The number of aromatic amines is 1. The maximum atomic E-state index is 13.5. The number of nitrogens with one attached hydrogen (secondary N) is 1. The number of halogens is 1. The second-order valence-corrected chi connectivity index (χ2v) is 7.45. The van der Waals surface area contributed by atoms with Crippen LogP contribution >= 0.6 is 0 Å². The van der Waals surface area contributed by atoms with E-state index in [1.807, 2.05) is 0 Å². The molecule has 0 amide bonds. The van der Waals surface area contributed by atoms with Crippen LogP contribution in [0, 0.1) is 0 Å². The van der Waals surface area contributed by atoms with E-state index < -0.39 is 20.6 Å². The van der Waals surface area contributed by atoms with E-state index in [4.69, 9.17) is 0 Å². The molecule has 0 spiro atoms. The highest BCUT2D eigenvalue weighted by molar-refractivity contribution is 7.91. The van der Waals surface area contributed by atoms with Crippen LogP contribution in [0.4, 0.5) is 4.39 Å². The largest absolute Gasteiger partial charge is 0.347 e. The number of allylic oxidation sites excluding steroid dienone is 3. The average Bonchev–Trinajstić information content (AvgIpc) is 2.84. The fraction of sp³-hybridized carbons (Fsp3) is 0.214. The Labute approximate surface area is 120 Å². The van der Waals surface area contributed by atoms with Crippen molar-refractivity contribution < 1.29 is 12.8 Å². The van der Waals surface area contributed by atoms with Gasteiger partial charge in [0, 0.05) is 18.5 Å². The van der Waals surface area contributed by atoms with Crippen LogP contribution in [0.3, 0.4) is 0 Å². The number of hydrogen-bond donors (Lipinski definition) is 1. The van der Waals surface area contributed by atoms with Crippen molar-refractivity contribution in [3.8, 4) is 0 Å². The van der Waals surface area contributed by atoms with E-state index in [2.05, 4.69) is 4.98 Å². The molecular formula is C14H13FN2O3S. The Bertz CT molecular complexity index is 937. The lowest BCUT2D eigenvalue weighted by Crippen LogP contribution is -2.38. The van der Waals surface area contributed by atoms with Crippen molar-refractivity contribution >= 4 is 21.1 Å². The van der Waals surface area contributed by atoms with Gasteiger partial charge in [-0.15, -0.1) is 0 Å². The van der Waals surface area contributed by atoms with E-state index >= 15 is 0 Å². The van der Waals surface area contributed by atoms with Crippen LogP contribution in [0.1, 0.15) is 13.3 Å². The van der Waals surface area contributed by atoms with Gasteiger partial charge in [0.25, 0.3) is 0 Å². The summed E-state index contributed by atoms with van der Waals surface area (Å²) in [6.07, 6.45) is 6.69. The molecule has 0 saturated heterocycles. The molecule has 1 aliphatic rings. The van der Waals surface area contributed by atoms with Gasteiger partial charge in [0.2, 0.25) is 10.0 Å². The lowest BCUT2D eigenvalue weighted by atomic mass is 10.0. The molecule has 7 heteroatoms. The minimum absolute atomic E-state index is 0.166. The van der Waals surface area contributed by atoms with Crippen molar-refractivity contribution in [2.45, 2.75) is 18.1 Å². The molecule has 0 aromatic carbocycles. The summed E-state index contributed by atoms with van der Waals surface area (Å²) >= 11 is 0. The second kappa shape index (κ2) is 4.42. The Morgan fingerprint density at radius 1 is 1.38 bits per heavy atom. The topological polar surface area (TPSA) is 71.9 Å². The Morgan fingerprint density at radius 3 is 2.86 bits per heavy atom. The molecule has 0 bridgehead atoms. The summed E-state index contributed by atoms with van der Waals surface area (Å²) in [5.74, 6) is -0.586. The SMILES string of the molecule is CC1(S(=O)(=O)n2ccc3c(=O)cc[nH]c32)C=C(F)C=CC1. The Balaban J connectivity index is 2.25. The maximum Gasteiger partial charge on any atom is 0.249 e. The molecule has 3 rings (SSSR count). The predicted octanol–water partition coefficient (Wildman–Crippen LogP) is 2.08. The van der Waals surface area contributed by atoms with Gasteiger partial charge in [-0.3, -0.25) is 4.79 Å². The molecule has 2 heterocycles. The summed E-state index contributed by atoms with van der Waals surface area (Å²) < 4.78 is 38.8. The molecule has 21 heavy (non-hydrogen) atoms. The molecular weight excluding hydrogens is 295 g/mol. The third-order valence-electron chi connectivity index (χ3n) is 3.66. The monoisotopic (exact) mass is 308 g/mol. The normalized spacial score (nSPS) is 22.5. The number of H-pyrrole nitrogens is 1. The van der Waals surface area contributed by atoms with Crippen LogP contribution in [0.5, 0.6) is 0 Å². The minimum Gasteiger partial charge on any atom is -0.347 e. The van der Waals surface area contributed by atoms with Crippen molar-refractivity contribution in [2.24, 2.45) is 0 Å². The highest BCUT2D eigenvalue weighted by atomic mass is 32.2. The van der Waals surface area contributed by atoms with Crippen molar-refractivity contribution in [2.75, 3.05) is 0 Å². The first-order chi connectivity index (χ1) is 9.85. The first-order valence-electron chi connectivity index (χ1n) is 6.34. The molecule has 0 saturated carbocycles. The number of rotatable bonds is 2. The van der Waals surface area contributed by atoms with Gasteiger partial charge in [-0.05, 0) is 31.6 Å². The van der Waals surface area contributed by atoms with Crippen LogP contribution in [-0.2, 0) is 10.0 Å². The lowest BCUT2D eigenvalue weighted by Gasteiger charge is -2.27. The number of aromatic nitrogens is 2. The van der Waals surface area contributed by atoms with Gasteiger partial charge in [-0.25, -0.2) is 16.8 Å². The number of pyridine rings is 1. The molecule has 1 atom stereocenters. The quantitative estimate of drug-likeness (QED) is 0.923. The fourth-order valence-corrected chi connectivity index (χ4v) is 4.08. The zero-order valence-electron chi connectivity index (χ0n) is 11.2. The van der Waals surface area contributed by atoms with Crippen molar-refractivity contribution in [1.29, 1.82) is 0 Å². The first-order valence-corrected chi connectivity index (χ1v) is 7.78. The van der Waals surface area contributed by atoms with Crippen LogP contribution < -0.4 is 5.43 Å². The molecule has 2 aromatic heterocycles. The first kappa shape index (κ1) is 13.8. The van der Waals surface area contributed by atoms with E-state index in [0.29, 0.717) is 0 Å². The van der Waals surface area contributed by atoms with E-state index in [1.54, 1.807) is 0 Å². The van der Waals surface area contributed by atoms with Gasteiger partial charge in [-0.1, -0.05) is 6.08 Å². The van der Waals surface area contributed by atoms with Crippen LogP contribution in [0.15, 0.2) is 53.4 Å². The molecule has 1 aliphatic carbocycles. The number of fused-ring (bicyclic) bond motifs is 1. The summed E-state index contributed by atoms with van der Waals surface area (Å²) in [5, 5.41) is 0.278. The van der Waals surface area contributed by atoms with Gasteiger partial charge >= 0.3 is 0 Å². The number of hydrogen-bond acceptors (Lipinski definition) is 3. The Kier molecular flexibility index (Phi) is 2.91. The summed E-state index contributed by atoms with van der Waals surface area (Å²) in [5.41, 5.74) is -0.0831. The smallest absolute Gasteiger partial charge is 0.249 e. The molecule has 1 unspecified atom stereocenters. The maximum absolute atomic E-state index is 13.5. The highest BCUT2D eigenvalue weighted by Crippen LogP contribution is 2.32. The lowest BCUT2D eigenvalue weighted by molar-refractivity contribution is 0.545. The third kappa shape index (κ3) is 1.96. The summed E-state index contributed by atoms with van der Waals surface area (Å²) in [6, 6.07) is 2.76. The van der Waals surface area contributed by atoms with Crippen LogP contribution in [0.2, 0.25) is 0 Å². The zero-order chi connectivity index (χ0) is 15.3. The van der Waals surface area contributed by atoms with Crippen LogP contribution in [0.25, 0.3) is 11.0 Å². The second-order valence-electron chi connectivity index (χ2n) is 5.17. The predicted molar refractivity (Wildman–Crippen MR) is 78.2 cm³/mol. The third-order valence-corrected chi connectivity index (χ3v) is 5.95. The summed E-state index contributed by atoms with van der Waals surface area (Å²) in [4.78, 5) is 14.5. The van der Waals surface area contributed by atoms with Gasteiger partial charge < -0.3 is 4.98 Å². The Hall–Kier alpha value is -2.15. The molecule has 0 radical (unpaired) electrons. The number of nitrogens with zero attached hydrogens (tertiary/aromatic N) is 1. The van der Waals surface area contributed by atoms with E-state index in [-0.39, 0.29) is 22.9 Å². The van der Waals surface area contributed by atoms with Gasteiger partial charge in [0.15, 0.2) is 5.43 Å². The standard InChI is InChI=1S/C14H13FN2O3S/c1-14(6-2-3-10(15)9-14)21(19,20)17-8-5-11-12(18)4-7-16-13(11)17/h2-5,7-9H,6H2,1H3,(H,16,18). The Morgan fingerprint density at radius 2 is 2.14 bits per heavy atom. The molecule has 2 aromatic rings. The van der Waals surface area contributed by atoms with E-state index in [1.165, 1.54) is 43.6 Å². The van der Waals surface area contributed by atoms with E-state index in [0.717, 1.165) is 10.0 Å². The van der Waals surface area contributed by atoms with Crippen LogP contribution in [-0.4, -0.2) is 22.1 Å². The van der Waals surface area contributed by atoms with Crippen molar-refractivity contribution in [3.05, 3.63) is 58.8 Å². The van der Waals surface area contributed by atoms with Gasteiger partial charge in [-0.2, -0.15) is 0 Å². The molecule has 110 valence electrons. The minimum atomic E-state index is -3.92. The summed E-state index contributed by atoms with van der Waals surface area (Å²) in [6.45, 7) is 1.46.